The third-order valence-electron chi connectivity index (χ3n) is 7.26. The van der Waals surface area contributed by atoms with E-state index >= 15 is 0 Å². The molecule has 1 saturated heterocycles. The molecule has 5 heteroatoms. The van der Waals surface area contributed by atoms with Crippen LogP contribution < -0.4 is 0 Å². The van der Waals surface area contributed by atoms with Gasteiger partial charge in [-0.3, -0.25) is 4.79 Å². The van der Waals surface area contributed by atoms with E-state index in [0.717, 1.165) is 51.7 Å². The van der Waals surface area contributed by atoms with Crippen molar-refractivity contribution in [1.82, 2.24) is 5.06 Å². The van der Waals surface area contributed by atoms with Gasteiger partial charge in [0.15, 0.2) is 6.29 Å². The lowest BCUT2D eigenvalue weighted by Crippen LogP contribution is -2.34. The molecule has 0 aromatic heterocycles. The molecular formula is C30H59NO4. The van der Waals surface area contributed by atoms with Crippen LogP contribution in [-0.2, 0) is 19.1 Å². The Hall–Kier alpha value is -0.650. The maximum atomic E-state index is 12.4. The maximum absolute atomic E-state index is 12.4. The minimum absolute atomic E-state index is 0.0325. The summed E-state index contributed by atoms with van der Waals surface area (Å²) >= 11 is 0. The molecule has 1 heterocycles. The number of nitrogens with zero attached hydrogens (tertiary/aromatic N) is 1. The lowest BCUT2D eigenvalue weighted by molar-refractivity contribution is -0.195. The van der Waals surface area contributed by atoms with E-state index in [1.807, 2.05) is 12.1 Å². The Morgan fingerprint density at radius 1 is 0.800 bits per heavy atom. The van der Waals surface area contributed by atoms with Crippen LogP contribution in [-0.4, -0.2) is 43.6 Å². The second kappa shape index (κ2) is 23.7. The number of carbonyl (C=O) groups is 1. The first-order valence-corrected chi connectivity index (χ1v) is 15.3. The van der Waals surface area contributed by atoms with Crippen LogP contribution in [0.2, 0.25) is 0 Å². The molecule has 2 atom stereocenters. The second-order valence-corrected chi connectivity index (χ2v) is 10.6. The zero-order chi connectivity index (χ0) is 25.4. The number of unbranched alkanes of at least 4 members (excludes halogenated alkanes) is 13. The van der Waals surface area contributed by atoms with Gasteiger partial charge in [0.1, 0.15) is 0 Å². The molecule has 35 heavy (non-hydrogen) atoms. The number of hydroxylamine groups is 2. The SMILES string of the molecule is CCCCCCCCCC(CCCCCCOC1CCCCO1)N(C)OC(=O)CCCCCCC. The normalized spacial score (nSPS) is 17.1. The minimum atomic E-state index is -0.0596. The number of hydrogen-bond donors (Lipinski definition) is 0. The van der Waals surface area contributed by atoms with E-state index in [-0.39, 0.29) is 12.3 Å². The van der Waals surface area contributed by atoms with Crippen LogP contribution >= 0.6 is 0 Å². The van der Waals surface area contributed by atoms with E-state index in [2.05, 4.69) is 13.8 Å². The Kier molecular flexibility index (Phi) is 22.0. The van der Waals surface area contributed by atoms with Crippen LogP contribution in [0.4, 0.5) is 0 Å². The predicted octanol–water partition coefficient (Wildman–Crippen LogP) is 8.74. The van der Waals surface area contributed by atoms with Gasteiger partial charge >= 0.3 is 5.97 Å². The molecule has 208 valence electrons. The third kappa shape index (κ3) is 19.2. The second-order valence-electron chi connectivity index (χ2n) is 10.6. The molecule has 0 aromatic rings. The van der Waals surface area contributed by atoms with Crippen molar-refractivity contribution in [2.75, 3.05) is 20.3 Å². The fourth-order valence-corrected chi connectivity index (χ4v) is 4.89. The van der Waals surface area contributed by atoms with E-state index in [4.69, 9.17) is 14.3 Å². The number of hydrogen-bond acceptors (Lipinski definition) is 5. The highest BCUT2D eigenvalue weighted by Crippen LogP contribution is 2.19. The van der Waals surface area contributed by atoms with Crippen molar-refractivity contribution < 1.29 is 19.1 Å². The van der Waals surface area contributed by atoms with Crippen molar-refractivity contribution in [3.63, 3.8) is 0 Å². The van der Waals surface area contributed by atoms with Gasteiger partial charge in [0.25, 0.3) is 0 Å². The smallest absolute Gasteiger partial charge is 0.325 e. The third-order valence-corrected chi connectivity index (χ3v) is 7.26. The van der Waals surface area contributed by atoms with Crippen molar-refractivity contribution in [3.05, 3.63) is 0 Å². The van der Waals surface area contributed by atoms with Gasteiger partial charge in [-0.2, -0.15) is 0 Å². The molecule has 1 rings (SSSR count). The van der Waals surface area contributed by atoms with Crippen LogP contribution in [0.5, 0.6) is 0 Å². The summed E-state index contributed by atoms with van der Waals surface area (Å²) in [6.45, 7) is 6.14. The van der Waals surface area contributed by atoms with Crippen molar-refractivity contribution >= 4 is 5.97 Å². The van der Waals surface area contributed by atoms with Gasteiger partial charge in [0.05, 0.1) is 0 Å². The van der Waals surface area contributed by atoms with Gasteiger partial charge in [-0.05, 0) is 44.9 Å². The zero-order valence-electron chi connectivity index (χ0n) is 23.7. The molecule has 0 aliphatic carbocycles. The lowest BCUT2D eigenvalue weighted by Gasteiger charge is -2.27. The zero-order valence-corrected chi connectivity index (χ0v) is 23.7. The molecule has 1 aliphatic rings. The minimum Gasteiger partial charge on any atom is -0.368 e. The van der Waals surface area contributed by atoms with Crippen molar-refractivity contribution in [2.45, 2.75) is 167 Å². The molecule has 0 aromatic carbocycles. The van der Waals surface area contributed by atoms with E-state index in [9.17, 15) is 4.79 Å². The fourth-order valence-electron chi connectivity index (χ4n) is 4.89. The molecule has 0 N–H and O–H groups in total. The summed E-state index contributed by atoms with van der Waals surface area (Å²) in [6.07, 6.45) is 25.9. The fraction of sp³-hybridized carbons (Fsp3) is 0.967. The number of carbonyl (C=O) groups excluding carboxylic acids is 1. The van der Waals surface area contributed by atoms with E-state index in [1.54, 1.807) is 0 Å². The summed E-state index contributed by atoms with van der Waals surface area (Å²) in [7, 11) is 1.97. The van der Waals surface area contributed by atoms with Crippen LogP contribution in [0.25, 0.3) is 0 Å². The first-order chi connectivity index (χ1) is 17.2. The van der Waals surface area contributed by atoms with E-state index < -0.39 is 0 Å². The maximum Gasteiger partial charge on any atom is 0.325 e. The van der Waals surface area contributed by atoms with Crippen molar-refractivity contribution in [3.8, 4) is 0 Å². The monoisotopic (exact) mass is 497 g/mol. The molecule has 0 radical (unpaired) electrons. The summed E-state index contributed by atoms with van der Waals surface area (Å²) in [6, 6.07) is 0.335. The molecule has 0 bridgehead atoms. The Morgan fingerprint density at radius 3 is 1.97 bits per heavy atom. The van der Waals surface area contributed by atoms with E-state index in [0.29, 0.717) is 12.5 Å². The average molecular weight is 498 g/mol. The highest BCUT2D eigenvalue weighted by atomic mass is 16.7. The molecule has 2 unspecified atom stereocenters. The number of ether oxygens (including phenoxy) is 2. The Balaban J connectivity index is 2.25. The molecule has 0 amide bonds. The molecular weight excluding hydrogens is 438 g/mol. The topological polar surface area (TPSA) is 48.0 Å². The summed E-state index contributed by atoms with van der Waals surface area (Å²) in [5, 5.41) is 1.88. The summed E-state index contributed by atoms with van der Waals surface area (Å²) in [5.41, 5.74) is 0. The summed E-state index contributed by atoms with van der Waals surface area (Å²) in [5.74, 6) is -0.0596. The number of rotatable bonds is 24. The molecule has 0 saturated carbocycles. The first kappa shape index (κ1) is 32.4. The molecule has 1 aliphatic heterocycles. The predicted molar refractivity (Wildman–Crippen MR) is 146 cm³/mol. The van der Waals surface area contributed by atoms with Gasteiger partial charge in [-0.15, -0.1) is 5.06 Å². The summed E-state index contributed by atoms with van der Waals surface area (Å²) in [4.78, 5) is 18.1. The Labute approximate surface area is 218 Å². The van der Waals surface area contributed by atoms with Gasteiger partial charge in [0, 0.05) is 32.7 Å². The van der Waals surface area contributed by atoms with Gasteiger partial charge in [0.2, 0.25) is 0 Å². The first-order valence-electron chi connectivity index (χ1n) is 15.3. The highest BCUT2D eigenvalue weighted by molar-refractivity contribution is 5.68. The Bertz CT molecular complexity index is 467. The molecule has 0 spiro atoms. The van der Waals surface area contributed by atoms with E-state index in [1.165, 1.54) is 96.3 Å². The van der Waals surface area contributed by atoms with Gasteiger partial charge in [-0.25, -0.2) is 0 Å². The van der Waals surface area contributed by atoms with Crippen LogP contribution in [0.1, 0.15) is 155 Å². The van der Waals surface area contributed by atoms with Crippen molar-refractivity contribution in [1.29, 1.82) is 0 Å². The average Bonchev–Trinajstić information content (AvgIpc) is 2.86. The van der Waals surface area contributed by atoms with Crippen LogP contribution in [0, 0.1) is 0 Å². The van der Waals surface area contributed by atoms with Crippen LogP contribution in [0.3, 0.4) is 0 Å². The standard InChI is InChI=1S/C30H59NO4/c1-4-6-8-10-11-13-16-22-28(31(3)35-29(32)24-18-12-9-7-5-2)23-17-14-15-20-26-33-30-25-19-21-27-34-30/h28,30H,4-27H2,1-3H3. The lowest BCUT2D eigenvalue weighted by atomic mass is 10.0. The summed E-state index contributed by atoms with van der Waals surface area (Å²) < 4.78 is 11.5. The van der Waals surface area contributed by atoms with Gasteiger partial charge < -0.3 is 14.3 Å². The molecule has 1 fully saturated rings. The van der Waals surface area contributed by atoms with Gasteiger partial charge in [-0.1, -0.05) is 104 Å². The van der Waals surface area contributed by atoms with Crippen LogP contribution in [0.15, 0.2) is 0 Å². The largest absolute Gasteiger partial charge is 0.368 e. The quantitative estimate of drug-likeness (QED) is 0.0985. The van der Waals surface area contributed by atoms with Crippen molar-refractivity contribution in [2.24, 2.45) is 0 Å². The molecule has 5 nitrogen and oxygen atoms in total. The Morgan fingerprint density at radius 2 is 1.37 bits per heavy atom. The highest BCUT2D eigenvalue weighted by Gasteiger charge is 2.18.